The lowest BCUT2D eigenvalue weighted by Gasteiger charge is -2.30. The first kappa shape index (κ1) is 12.6. The molecule has 0 saturated carbocycles. The molecule has 3 rings (SSSR count). The zero-order valence-corrected chi connectivity index (χ0v) is 11.3. The molecule has 1 fully saturated rings. The number of nitrogens with one attached hydrogen (secondary N) is 1. The number of fused-ring (bicyclic) bond motifs is 1. The van der Waals surface area contributed by atoms with Gasteiger partial charge in [-0.05, 0) is 24.1 Å². The second-order valence-corrected chi connectivity index (χ2v) is 5.57. The highest BCUT2D eigenvalue weighted by atomic mass is 16.5. The number of amides is 1. The SMILES string of the molecule is COCC1(C(=O)N2Cc3ccccc3C2)CCNC1. The highest BCUT2D eigenvalue weighted by Crippen LogP contribution is 2.32. The summed E-state index contributed by atoms with van der Waals surface area (Å²) < 4.78 is 5.30. The molecule has 1 saturated heterocycles. The van der Waals surface area contributed by atoms with Gasteiger partial charge in [0.25, 0.3) is 0 Å². The van der Waals surface area contributed by atoms with Crippen LogP contribution in [-0.2, 0) is 22.6 Å². The minimum atomic E-state index is -0.364. The zero-order chi connectivity index (χ0) is 13.3. The Labute approximate surface area is 113 Å². The molecule has 2 aliphatic heterocycles. The molecule has 1 amide bonds. The molecule has 0 radical (unpaired) electrons. The molecule has 0 spiro atoms. The van der Waals surface area contributed by atoms with Crippen LogP contribution in [0.25, 0.3) is 0 Å². The molecule has 102 valence electrons. The van der Waals surface area contributed by atoms with E-state index < -0.39 is 0 Å². The monoisotopic (exact) mass is 260 g/mol. The van der Waals surface area contributed by atoms with E-state index in [0.717, 1.165) is 32.6 Å². The third-order valence-electron chi connectivity index (χ3n) is 4.25. The number of carbonyl (C=O) groups is 1. The van der Waals surface area contributed by atoms with Gasteiger partial charge in [-0.1, -0.05) is 24.3 Å². The van der Waals surface area contributed by atoms with Crippen molar-refractivity contribution in [1.29, 1.82) is 0 Å². The van der Waals surface area contributed by atoms with E-state index in [1.165, 1.54) is 11.1 Å². The van der Waals surface area contributed by atoms with E-state index in [9.17, 15) is 4.79 Å². The summed E-state index contributed by atoms with van der Waals surface area (Å²) in [5, 5.41) is 3.30. The average molecular weight is 260 g/mol. The molecule has 1 aromatic rings. The van der Waals surface area contributed by atoms with Crippen molar-refractivity contribution < 1.29 is 9.53 Å². The quantitative estimate of drug-likeness (QED) is 0.886. The molecule has 4 heteroatoms. The Balaban J connectivity index is 1.78. The maximum Gasteiger partial charge on any atom is 0.233 e. The van der Waals surface area contributed by atoms with Gasteiger partial charge in [0.05, 0.1) is 12.0 Å². The second-order valence-electron chi connectivity index (χ2n) is 5.57. The lowest BCUT2D eigenvalue weighted by Crippen LogP contribution is -2.45. The van der Waals surface area contributed by atoms with Gasteiger partial charge in [-0.15, -0.1) is 0 Å². The van der Waals surface area contributed by atoms with Crippen LogP contribution in [0.2, 0.25) is 0 Å². The van der Waals surface area contributed by atoms with Crippen LogP contribution in [0.1, 0.15) is 17.5 Å². The van der Waals surface area contributed by atoms with Crippen LogP contribution in [0.5, 0.6) is 0 Å². The number of hydrogen-bond donors (Lipinski definition) is 1. The predicted molar refractivity (Wildman–Crippen MR) is 72.5 cm³/mol. The van der Waals surface area contributed by atoms with Gasteiger partial charge in [-0.25, -0.2) is 0 Å². The van der Waals surface area contributed by atoms with Crippen LogP contribution >= 0.6 is 0 Å². The average Bonchev–Trinajstić information content (AvgIpc) is 3.04. The van der Waals surface area contributed by atoms with Crippen LogP contribution in [-0.4, -0.2) is 37.6 Å². The summed E-state index contributed by atoms with van der Waals surface area (Å²) >= 11 is 0. The zero-order valence-electron chi connectivity index (χ0n) is 11.3. The Morgan fingerprint density at radius 1 is 1.37 bits per heavy atom. The fraction of sp³-hybridized carbons (Fsp3) is 0.533. The molecule has 19 heavy (non-hydrogen) atoms. The molecular formula is C15H20N2O2. The maximum absolute atomic E-state index is 12.8. The van der Waals surface area contributed by atoms with E-state index in [1.807, 2.05) is 17.0 Å². The predicted octanol–water partition coefficient (Wildman–Crippen LogP) is 1.15. The van der Waals surface area contributed by atoms with Crippen LogP contribution in [0.15, 0.2) is 24.3 Å². The van der Waals surface area contributed by atoms with Crippen molar-refractivity contribution in [2.75, 3.05) is 26.8 Å². The summed E-state index contributed by atoms with van der Waals surface area (Å²) in [6.45, 7) is 3.61. The third kappa shape index (κ3) is 2.15. The third-order valence-corrected chi connectivity index (χ3v) is 4.25. The van der Waals surface area contributed by atoms with Gasteiger partial charge in [-0.2, -0.15) is 0 Å². The first-order valence-electron chi connectivity index (χ1n) is 6.81. The topological polar surface area (TPSA) is 41.6 Å². The van der Waals surface area contributed by atoms with Gasteiger partial charge in [0.2, 0.25) is 5.91 Å². The Bertz CT molecular complexity index is 456. The minimum absolute atomic E-state index is 0.232. The van der Waals surface area contributed by atoms with Crippen molar-refractivity contribution in [3.63, 3.8) is 0 Å². The van der Waals surface area contributed by atoms with Gasteiger partial charge in [0.1, 0.15) is 0 Å². The summed E-state index contributed by atoms with van der Waals surface area (Å²) in [4.78, 5) is 14.8. The Hall–Kier alpha value is -1.39. The molecule has 1 unspecified atom stereocenters. The Morgan fingerprint density at radius 2 is 2.05 bits per heavy atom. The molecule has 1 N–H and O–H groups in total. The lowest BCUT2D eigenvalue weighted by molar-refractivity contribution is -0.144. The number of rotatable bonds is 3. The standard InChI is InChI=1S/C15H20N2O2/c1-19-11-15(6-7-16-10-15)14(18)17-8-12-4-2-3-5-13(12)9-17/h2-5,16H,6-11H2,1H3. The van der Waals surface area contributed by atoms with E-state index in [2.05, 4.69) is 17.4 Å². The Morgan fingerprint density at radius 3 is 2.58 bits per heavy atom. The number of hydrogen-bond acceptors (Lipinski definition) is 3. The number of methoxy groups -OCH3 is 1. The molecule has 1 atom stereocenters. The van der Waals surface area contributed by atoms with E-state index in [4.69, 9.17) is 4.74 Å². The molecular weight excluding hydrogens is 240 g/mol. The van der Waals surface area contributed by atoms with Crippen LogP contribution in [0, 0.1) is 5.41 Å². The van der Waals surface area contributed by atoms with E-state index in [0.29, 0.717) is 6.61 Å². The smallest absolute Gasteiger partial charge is 0.233 e. The van der Waals surface area contributed by atoms with Gasteiger partial charge in [0.15, 0.2) is 0 Å². The first-order chi connectivity index (χ1) is 9.25. The summed E-state index contributed by atoms with van der Waals surface area (Å²) in [6, 6.07) is 8.29. The molecule has 0 aromatic heterocycles. The fourth-order valence-corrected chi connectivity index (χ4v) is 3.20. The van der Waals surface area contributed by atoms with E-state index in [1.54, 1.807) is 7.11 Å². The van der Waals surface area contributed by atoms with Crippen molar-refractivity contribution in [3.05, 3.63) is 35.4 Å². The fourth-order valence-electron chi connectivity index (χ4n) is 3.20. The van der Waals surface area contributed by atoms with Gasteiger partial charge >= 0.3 is 0 Å². The van der Waals surface area contributed by atoms with Gasteiger partial charge < -0.3 is 15.0 Å². The largest absolute Gasteiger partial charge is 0.384 e. The molecule has 1 aromatic carbocycles. The van der Waals surface area contributed by atoms with Crippen molar-refractivity contribution >= 4 is 5.91 Å². The summed E-state index contributed by atoms with van der Waals surface area (Å²) in [6.07, 6.45) is 0.868. The van der Waals surface area contributed by atoms with E-state index in [-0.39, 0.29) is 11.3 Å². The van der Waals surface area contributed by atoms with Crippen molar-refractivity contribution in [3.8, 4) is 0 Å². The number of ether oxygens (including phenoxy) is 1. The number of nitrogens with zero attached hydrogens (tertiary/aromatic N) is 1. The van der Waals surface area contributed by atoms with Crippen molar-refractivity contribution in [2.24, 2.45) is 5.41 Å². The second kappa shape index (κ2) is 4.94. The first-order valence-corrected chi connectivity index (χ1v) is 6.81. The molecule has 2 aliphatic rings. The molecule has 0 bridgehead atoms. The molecule has 4 nitrogen and oxygen atoms in total. The van der Waals surface area contributed by atoms with Crippen molar-refractivity contribution in [2.45, 2.75) is 19.5 Å². The minimum Gasteiger partial charge on any atom is -0.384 e. The molecule has 0 aliphatic carbocycles. The lowest BCUT2D eigenvalue weighted by atomic mass is 9.86. The summed E-state index contributed by atoms with van der Waals surface area (Å²) in [5.74, 6) is 0.232. The molecule has 2 heterocycles. The number of benzene rings is 1. The summed E-state index contributed by atoms with van der Waals surface area (Å²) in [7, 11) is 1.67. The van der Waals surface area contributed by atoms with Gasteiger partial charge in [-0.3, -0.25) is 4.79 Å². The number of carbonyl (C=O) groups excluding carboxylic acids is 1. The van der Waals surface area contributed by atoms with Crippen molar-refractivity contribution in [1.82, 2.24) is 10.2 Å². The normalized spacial score (nSPS) is 25.6. The van der Waals surface area contributed by atoms with Crippen LogP contribution in [0.4, 0.5) is 0 Å². The maximum atomic E-state index is 12.8. The van der Waals surface area contributed by atoms with Crippen LogP contribution in [0.3, 0.4) is 0 Å². The summed E-state index contributed by atoms with van der Waals surface area (Å²) in [5.41, 5.74) is 2.18. The highest BCUT2D eigenvalue weighted by Gasteiger charge is 2.44. The van der Waals surface area contributed by atoms with Crippen LogP contribution < -0.4 is 5.32 Å². The Kier molecular flexibility index (Phi) is 3.29. The van der Waals surface area contributed by atoms with Gasteiger partial charge in [0, 0.05) is 26.7 Å². The van der Waals surface area contributed by atoms with E-state index >= 15 is 0 Å². The highest BCUT2D eigenvalue weighted by molar-refractivity contribution is 5.84.